The van der Waals surface area contributed by atoms with E-state index in [-0.39, 0.29) is 11.5 Å². The molecule has 0 fully saturated rings. The zero-order chi connectivity index (χ0) is 16.2. The molecule has 0 bridgehead atoms. The predicted octanol–water partition coefficient (Wildman–Crippen LogP) is 3.12. The second-order valence-electron chi connectivity index (χ2n) is 4.77. The number of para-hydroxylation sites is 1. The van der Waals surface area contributed by atoms with Crippen LogP contribution in [0.4, 0.5) is 0 Å². The van der Waals surface area contributed by atoms with Gasteiger partial charge in [0.05, 0.1) is 11.5 Å². The fourth-order valence-corrected chi connectivity index (χ4v) is 2.06. The van der Waals surface area contributed by atoms with Crippen molar-refractivity contribution in [1.82, 2.24) is 0 Å². The lowest BCUT2D eigenvalue weighted by Crippen LogP contribution is -2.07. The molecule has 3 rings (SSSR count). The molecule has 0 atom stereocenters. The first-order chi connectivity index (χ1) is 11.1. The molecule has 1 N–H and O–H groups in total. The van der Waals surface area contributed by atoms with Gasteiger partial charge < -0.3 is 14.3 Å². The highest BCUT2D eigenvalue weighted by Gasteiger charge is 2.09. The molecule has 114 valence electrons. The van der Waals surface area contributed by atoms with Gasteiger partial charge in [-0.15, -0.1) is 0 Å². The molecule has 0 aliphatic rings. The molecule has 0 radical (unpaired) electrons. The van der Waals surface area contributed by atoms with E-state index in [0.717, 1.165) is 11.6 Å². The van der Waals surface area contributed by atoms with Crippen molar-refractivity contribution in [2.24, 2.45) is 0 Å². The maximum atomic E-state index is 11.9. The molecule has 5 heteroatoms. The van der Waals surface area contributed by atoms with Crippen molar-refractivity contribution in [1.29, 1.82) is 0 Å². The van der Waals surface area contributed by atoms with Crippen molar-refractivity contribution in [3.63, 3.8) is 0 Å². The van der Waals surface area contributed by atoms with Gasteiger partial charge in [0.2, 0.25) is 0 Å². The Hall–Kier alpha value is -3.34. The van der Waals surface area contributed by atoms with E-state index in [2.05, 4.69) is 0 Å². The summed E-state index contributed by atoms with van der Waals surface area (Å²) in [6.45, 7) is 0. The van der Waals surface area contributed by atoms with Gasteiger partial charge in [-0.25, -0.2) is 9.59 Å². The lowest BCUT2D eigenvalue weighted by atomic mass is 10.2. The molecule has 0 unspecified atom stereocenters. The van der Waals surface area contributed by atoms with Gasteiger partial charge in [-0.1, -0.05) is 24.3 Å². The molecule has 0 aliphatic heterocycles. The number of aromatic hydroxyl groups is 1. The maximum Gasteiger partial charge on any atom is 0.339 e. The number of phenols is 1. The van der Waals surface area contributed by atoms with Gasteiger partial charge in [0.1, 0.15) is 17.1 Å². The van der Waals surface area contributed by atoms with Crippen LogP contribution in [0.5, 0.6) is 11.5 Å². The molecule has 23 heavy (non-hydrogen) atoms. The Balaban J connectivity index is 1.83. The number of benzene rings is 2. The van der Waals surface area contributed by atoms with Gasteiger partial charge >= 0.3 is 11.6 Å². The van der Waals surface area contributed by atoms with E-state index >= 15 is 0 Å². The molecule has 1 aromatic heterocycles. The fourth-order valence-electron chi connectivity index (χ4n) is 2.06. The van der Waals surface area contributed by atoms with Gasteiger partial charge in [-0.05, 0) is 35.9 Å². The molecule has 2 aromatic carbocycles. The van der Waals surface area contributed by atoms with Crippen molar-refractivity contribution in [2.75, 3.05) is 0 Å². The smallest absolute Gasteiger partial charge is 0.339 e. The van der Waals surface area contributed by atoms with Crippen LogP contribution in [0.25, 0.3) is 17.0 Å². The topological polar surface area (TPSA) is 76.7 Å². The van der Waals surface area contributed by atoms with Crippen LogP contribution in [-0.2, 0) is 4.79 Å². The lowest BCUT2D eigenvalue weighted by molar-refractivity contribution is -0.128. The second-order valence-corrected chi connectivity index (χ2v) is 4.77. The van der Waals surface area contributed by atoms with Crippen LogP contribution >= 0.6 is 0 Å². The molecule has 0 saturated carbocycles. The number of carbonyl (C=O) groups excluding carboxylic acids is 1. The monoisotopic (exact) mass is 308 g/mol. The number of esters is 1. The fraction of sp³-hybridized carbons (Fsp3) is 0. The maximum absolute atomic E-state index is 11.9. The Morgan fingerprint density at radius 2 is 1.83 bits per heavy atom. The van der Waals surface area contributed by atoms with E-state index in [9.17, 15) is 14.7 Å². The minimum absolute atomic E-state index is 0.146. The van der Waals surface area contributed by atoms with Crippen LogP contribution in [-0.4, -0.2) is 11.1 Å². The number of hydrogen-bond acceptors (Lipinski definition) is 5. The Morgan fingerprint density at radius 1 is 1.09 bits per heavy atom. The number of carbonyl (C=O) groups is 1. The highest BCUT2D eigenvalue weighted by molar-refractivity contribution is 5.92. The minimum atomic E-state index is -0.617. The summed E-state index contributed by atoms with van der Waals surface area (Å²) in [6, 6.07) is 14.3. The molecular formula is C18H12O5. The summed E-state index contributed by atoms with van der Waals surface area (Å²) in [5.41, 5.74) is 0.497. The quantitative estimate of drug-likeness (QED) is 0.457. The number of fused-ring (bicyclic) bond motifs is 1. The van der Waals surface area contributed by atoms with E-state index < -0.39 is 11.6 Å². The van der Waals surface area contributed by atoms with Crippen LogP contribution in [0.2, 0.25) is 0 Å². The third kappa shape index (κ3) is 3.47. The van der Waals surface area contributed by atoms with E-state index in [0.29, 0.717) is 11.0 Å². The summed E-state index contributed by atoms with van der Waals surface area (Å²) in [6.07, 6.45) is 2.80. The van der Waals surface area contributed by atoms with Gasteiger partial charge in [-0.3, -0.25) is 0 Å². The number of rotatable bonds is 3. The highest BCUT2D eigenvalue weighted by Crippen LogP contribution is 2.23. The molecule has 0 aliphatic carbocycles. The van der Waals surface area contributed by atoms with Gasteiger partial charge in [0.25, 0.3) is 0 Å². The van der Waals surface area contributed by atoms with Crippen LogP contribution in [0.1, 0.15) is 5.56 Å². The normalized spacial score (nSPS) is 11.0. The third-order valence-corrected chi connectivity index (χ3v) is 3.13. The summed E-state index contributed by atoms with van der Waals surface area (Å²) < 4.78 is 10.3. The Labute approximate surface area is 131 Å². The minimum Gasteiger partial charge on any atom is -0.508 e. The lowest BCUT2D eigenvalue weighted by Gasteiger charge is -2.04. The average molecular weight is 308 g/mol. The summed E-state index contributed by atoms with van der Waals surface area (Å²) in [5, 5.41) is 9.74. The van der Waals surface area contributed by atoms with Crippen molar-refractivity contribution in [2.45, 2.75) is 0 Å². The van der Waals surface area contributed by atoms with E-state index in [1.807, 2.05) is 0 Å². The molecular weight excluding hydrogens is 296 g/mol. The third-order valence-electron chi connectivity index (χ3n) is 3.13. The summed E-state index contributed by atoms with van der Waals surface area (Å²) in [5.74, 6) is -0.321. The van der Waals surface area contributed by atoms with Crippen LogP contribution < -0.4 is 10.4 Å². The van der Waals surface area contributed by atoms with Gasteiger partial charge in [-0.2, -0.15) is 0 Å². The molecule has 0 saturated heterocycles. The van der Waals surface area contributed by atoms with Crippen LogP contribution in [0.15, 0.2) is 69.9 Å². The van der Waals surface area contributed by atoms with Gasteiger partial charge in [0.15, 0.2) is 0 Å². The van der Waals surface area contributed by atoms with Crippen molar-refractivity contribution < 1.29 is 19.1 Å². The highest BCUT2D eigenvalue weighted by atomic mass is 16.5. The zero-order valence-electron chi connectivity index (χ0n) is 11.9. The number of ether oxygens (including phenoxy) is 1. The van der Waals surface area contributed by atoms with Crippen molar-refractivity contribution >= 4 is 23.0 Å². The SMILES string of the molecule is O=C(/C=C/c1ccc(O)cc1)Oc1cc(=O)oc2ccccc12. The van der Waals surface area contributed by atoms with E-state index in [4.69, 9.17) is 9.15 Å². The first kappa shape index (κ1) is 14.6. The standard InChI is InChI=1S/C18H12O5/c19-13-8-5-12(6-9-13)7-10-17(20)23-16-11-18(21)22-15-4-2-1-3-14(15)16/h1-11,19H/b10-7+. The Morgan fingerprint density at radius 3 is 2.61 bits per heavy atom. The van der Waals surface area contributed by atoms with Crippen LogP contribution in [0, 0.1) is 0 Å². The molecule has 0 spiro atoms. The van der Waals surface area contributed by atoms with Gasteiger partial charge in [0, 0.05) is 6.08 Å². The van der Waals surface area contributed by atoms with E-state index in [1.165, 1.54) is 18.2 Å². The number of phenolic OH excluding ortho intramolecular Hbond substituents is 1. The molecule has 0 amide bonds. The first-order valence-corrected chi connectivity index (χ1v) is 6.84. The first-order valence-electron chi connectivity index (χ1n) is 6.84. The summed E-state index contributed by atoms with van der Waals surface area (Å²) in [7, 11) is 0. The summed E-state index contributed by atoms with van der Waals surface area (Å²) in [4.78, 5) is 23.4. The van der Waals surface area contributed by atoms with E-state index in [1.54, 1.807) is 42.5 Å². The molecule has 5 nitrogen and oxygen atoms in total. The average Bonchev–Trinajstić information content (AvgIpc) is 2.54. The second kappa shape index (κ2) is 6.19. The molecule has 1 heterocycles. The van der Waals surface area contributed by atoms with Crippen molar-refractivity contribution in [3.8, 4) is 11.5 Å². The predicted molar refractivity (Wildman–Crippen MR) is 85.3 cm³/mol. The Bertz CT molecular complexity index is 936. The molecule has 3 aromatic rings. The van der Waals surface area contributed by atoms with Crippen LogP contribution in [0.3, 0.4) is 0 Å². The Kier molecular flexibility index (Phi) is 3.93. The summed E-state index contributed by atoms with van der Waals surface area (Å²) >= 11 is 0. The number of hydrogen-bond donors (Lipinski definition) is 1. The zero-order valence-corrected chi connectivity index (χ0v) is 11.9. The van der Waals surface area contributed by atoms with Crippen molar-refractivity contribution in [3.05, 3.63) is 76.7 Å². The largest absolute Gasteiger partial charge is 0.508 e.